The molecule has 10 nitrogen and oxygen atoms in total. The van der Waals surface area contributed by atoms with Gasteiger partial charge in [0.15, 0.2) is 0 Å². The number of rotatable bonds is 6. The van der Waals surface area contributed by atoms with Crippen LogP contribution in [0.2, 0.25) is 0 Å². The van der Waals surface area contributed by atoms with Gasteiger partial charge in [-0.05, 0) is 13.0 Å². The van der Waals surface area contributed by atoms with Crippen LogP contribution in [-0.4, -0.2) is 75.1 Å². The minimum Gasteiger partial charge on any atom is -0.379 e. The number of fused-ring (bicyclic) bond motifs is 1. The van der Waals surface area contributed by atoms with Crippen molar-refractivity contribution in [3.8, 4) is 0 Å². The molecule has 3 rings (SSSR count). The summed E-state index contributed by atoms with van der Waals surface area (Å²) >= 11 is 0. The molecule has 2 aliphatic heterocycles. The molecule has 0 radical (unpaired) electrons. The zero-order valence-corrected chi connectivity index (χ0v) is 15.4. The molecule has 1 saturated heterocycles. The third-order valence-corrected chi connectivity index (χ3v) is 4.87. The molecule has 144 valence electrons. The van der Waals surface area contributed by atoms with Crippen molar-refractivity contribution in [2.45, 2.75) is 6.42 Å². The van der Waals surface area contributed by atoms with Crippen molar-refractivity contribution in [1.82, 2.24) is 14.1 Å². The van der Waals surface area contributed by atoms with Crippen LogP contribution < -0.4 is 25.2 Å². The molecule has 2 heterocycles. The first-order chi connectivity index (χ1) is 12.9. The lowest BCUT2D eigenvalue weighted by Crippen LogP contribution is -2.58. The van der Waals surface area contributed by atoms with Crippen LogP contribution >= 0.6 is 0 Å². The Labute approximate surface area is 155 Å². The van der Waals surface area contributed by atoms with E-state index < -0.39 is 16.7 Å². The molecule has 0 aliphatic carbocycles. The number of nitro groups is 1. The predicted molar refractivity (Wildman–Crippen MR) is 97.0 cm³/mol. The third-order valence-electron chi connectivity index (χ3n) is 4.87. The molecule has 0 spiro atoms. The summed E-state index contributed by atoms with van der Waals surface area (Å²) in [4.78, 5) is 37.3. The summed E-state index contributed by atoms with van der Waals surface area (Å²) in [5, 5.41) is 15.4. The van der Waals surface area contributed by atoms with E-state index in [0.717, 1.165) is 43.8 Å². The summed E-state index contributed by atoms with van der Waals surface area (Å²) in [6, 6.07) is 2.89. The Hall–Kier alpha value is -2.72. The van der Waals surface area contributed by atoms with Crippen LogP contribution in [0.5, 0.6) is 0 Å². The third kappa shape index (κ3) is 3.86. The first-order valence-corrected chi connectivity index (χ1v) is 8.82. The van der Waals surface area contributed by atoms with E-state index >= 15 is 0 Å². The van der Waals surface area contributed by atoms with Gasteiger partial charge in [0.05, 0.1) is 24.2 Å². The molecule has 1 aromatic rings. The Bertz CT molecular complexity index is 920. The topological polar surface area (TPSA) is 108 Å². The molecule has 27 heavy (non-hydrogen) atoms. The number of hydrogen-bond acceptors (Lipinski definition) is 7. The first-order valence-electron chi connectivity index (χ1n) is 8.82. The molecule has 10 heteroatoms. The molecule has 1 fully saturated rings. The number of ether oxygens (including phenoxy) is 1. The molecular formula is C17H23N5O5+2. The zero-order chi connectivity index (χ0) is 19.6. The second-order valence-electron chi connectivity index (χ2n) is 6.58. The highest BCUT2D eigenvalue weighted by Crippen LogP contribution is 2.20. The van der Waals surface area contributed by atoms with Crippen molar-refractivity contribution < 1.29 is 19.2 Å². The van der Waals surface area contributed by atoms with Gasteiger partial charge in [-0.25, -0.2) is 9.59 Å². The standard InChI is InChI=1S/C17H22N5O5/c1-19-14-10-12(18-4-3-5-21-6-8-27-9-7-21)13(22(25)26)11-15(14)20(2)17(24)16(19)23/h10-11H,3-9H2,1-2H3/q+1/p+1. The van der Waals surface area contributed by atoms with E-state index in [1.165, 1.54) is 24.7 Å². The number of anilines is 1. The minimum absolute atomic E-state index is 0.123. The Kier molecular flexibility index (Phi) is 5.57. The van der Waals surface area contributed by atoms with Gasteiger partial charge in [-0.3, -0.25) is 15.0 Å². The fourth-order valence-electron chi connectivity index (χ4n) is 3.25. The summed E-state index contributed by atoms with van der Waals surface area (Å²) in [6.07, 6.45) is 0.821. The number of benzene rings is 1. The average molecular weight is 377 g/mol. The minimum atomic E-state index is -0.717. The number of morpholine rings is 1. The monoisotopic (exact) mass is 377 g/mol. The molecule has 2 amide bonds. The van der Waals surface area contributed by atoms with E-state index in [9.17, 15) is 19.7 Å². The zero-order valence-electron chi connectivity index (χ0n) is 15.4. The van der Waals surface area contributed by atoms with Gasteiger partial charge >= 0.3 is 11.8 Å². The maximum Gasteiger partial charge on any atom is 0.528 e. The molecule has 0 unspecified atom stereocenters. The van der Waals surface area contributed by atoms with Crippen LogP contribution in [0.3, 0.4) is 0 Å². The van der Waals surface area contributed by atoms with Crippen LogP contribution in [0.25, 0.3) is 0 Å². The number of nitrogens with zero attached hydrogens (tertiary/aromatic N) is 4. The van der Waals surface area contributed by atoms with E-state index in [-0.39, 0.29) is 5.69 Å². The fourth-order valence-corrected chi connectivity index (χ4v) is 3.25. The van der Waals surface area contributed by atoms with Crippen LogP contribution in [0.4, 0.5) is 11.4 Å². The van der Waals surface area contributed by atoms with Crippen molar-refractivity contribution in [2.24, 2.45) is 0 Å². The summed E-state index contributed by atoms with van der Waals surface area (Å²) < 4.78 is 7.68. The molecule has 1 N–H and O–H groups in total. The summed E-state index contributed by atoms with van der Waals surface area (Å²) in [7, 11) is 2.92. The van der Waals surface area contributed by atoms with Gasteiger partial charge in [-0.1, -0.05) is 0 Å². The molecule has 0 saturated carbocycles. The number of carbonyl (C=O) groups excluding carboxylic acids is 2. The number of carbonyl (C=O) groups is 2. The van der Waals surface area contributed by atoms with Gasteiger partial charge in [0, 0.05) is 25.7 Å². The highest BCUT2D eigenvalue weighted by atomic mass is 16.6. The van der Waals surface area contributed by atoms with E-state index in [4.69, 9.17) is 4.74 Å². The van der Waals surface area contributed by atoms with Crippen molar-refractivity contribution in [2.75, 3.05) is 58.8 Å². The van der Waals surface area contributed by atoms with Crippen LogP contribution in [0.15, 0.2) is 12.1 Å². The summed E-state index contributed by atoms with van der Waals surface area (Å²) in [5.41, 5.74) is 0.214. The van der Waals surface area contributed by atoms with Crippen LogP contribution in [0.1, 0.15) is 6.42 Å². The molecular weight excluding hydrogens is 354 g/mol. The number of amides is 2. The second-order valence-corrected chi connectivity index (χ2v) is 6.58. The fraction of sp³-hybridized carbons (Fsp3) is 0.529. The second kappa shape index (κ2) is 7.89. The van der Waals surface area contributed by atoms with E-state index in [2.05, 4.69) is 10.2 Å². The van der Waals surface area contributed by atoms with E-state index in [1.54, 1.807) is 6.07 Å². The Morgan fingerprint density at radius 2 is 1.74 bits per heavy atom. The van der Waals surface area contributed by atoms with E-state index in [1.807, 2.05) is 0 Å². The smallest absolute Gasteiger partial charge is 0.379 e. The molecule has 0 bridgehead atoms. The Balaban J connectivity index is 1.84. The van der Waals surface area contributed by atoms with Crippen molar-refractivity contribution in [3.63, 3.8) is 0 Å². The van der Waals surface area contributed by atoms with Gasteiger partial charge in [-0.2, -0.15) is 0 Å². The SMILES string of the molecule is C[N+]1=c2cc(NCCCN3CCOCC3)c([N+](=O)[O-])cc2=[N+](C)C(=O)C1=O. The van der Waals surface area contributed by atoms with Crippen molar-refractivity contribution in [1.29, 1.82) is 0 Å². The number of nitrogens with one attached hydrogen (secondary N) is 1. The molecule has 2 aliphatic rings. The Morgan fingerprint density at radius 3 is 2.33 bits per heavy atom. The number of likely N-dealkylation sites (N-methyl/N-ethyl adjacent to an activating group) is 2. The van der Waals surface area contributed by atoms with Gasteiger partial charge in [0.2, 0.25) is 0 Å². The number of hydrogen-bond donors (Lipinski definition) is 1. The van der Waals surface area contributed by atoms with Crippen LogP contribution in [-0.2, 0) is 14.3 Å². The molecule has 1 aromatic carbocycles. The highest BCUT2D eigenvalue weighted by Gasteiger charge is 2.40. The normalized spacial score (nSPS) is 17.9. The van der Waals surface area contributed by atoms with Gasteiger partial charge < -0.3 is 10.1 Å². The first kappa shape index (κ1) is 19.1. The summed E-state index contributed by atoms with van der Waals surface area (Å²) in [5.74, 6) is -1.39. The van der Waals surface area contributed by atoms with E-state index in [0.29, 0.717) is 22.9 Å². The highest BCUT2D eigenvalue weighted by molar-refractivity contribution is 6.36. The maximum atomic E-state index is 12.0. The largest absolute Gasteiger partial charge is 0.528 e. The van der Waals surface area contributed by atoms with Gasteiger partial charge in [0.25, 0.3) is 16.4 Å². The van der Waals surface area contributed by atoms with Gasteiger partial charge in [-0.15, -0.1) is 9.15 Å². The predicted octanol–water partition coefficient (Wildman–Crippen LogP) is -1.96. The van der Waals surface area contributed by atoms with Gasteiger partial charge in [0.1, 0.15) is 19.8 Å². The average Bonchev–Trinajstić information content (AvgIpc) is 2.68. The molecule has 0 aromatic heterocycles. The van der Waals surface area contributed by atoms with Crippen molar-refractivity contribution in [3.05, 3.63) is 33.0 Å². The lowest BCUT2D eigenvalue weighted by atomic mass is 10.2. The lowest BCUT2D eigenvalue weighted by Gasteiger charge is -2.26. The summed E-state index contributed by atoms with van der Waals surface area (Å²) in [6.45, 7) is 4.69. The number of nitro benzene ring substituents is 1. The Morgan fingerprint density at radius 1 is 1.15 bits per heavy atom. The lowest BCUT2D eigenvalue weighted by molar-refractivity contribution is -0.384. The quantitative estimate of drug-likeness (QED) is 0.202. The van der Waals surface area contributed by atoms with Crippen molar-refractivity contribution >= 4 is 23.2 Å². The van der Waals surface area contributed by atoms with Crippen LogP contribution in [0, 0.1) is 10.1 Å². The maximum absolute atomic E-state index is 12.0. The molecule has 0 atom stereocenters.